The number of hydrogen-bond donors (Lipinski definition) is 1. The molecule has 1 N–H and O–H groups in total. The molecule has 0 saturated carbocycles. The highest BCUT2D eigenvalue weighted by molar-refractivity contribution is 7.98. The van der Waals surface area contributed by atoms with Crippen molar-refractivity contribution in [1.82, 2.24) is 9.38 Å². The molecule has 0 unspecified atom stereocenters. The van der Waals surface area contributed by atoms with Crippen LogP contribution in [0.4, 0.5) is 5.69 Å². The van der Waals surface area contributed by atoms with Crippen molar-refractivity contribution >= 4 is 39.7 Å². The van der Waals surface area contributed by atoms with E-state index in [1.165, 1.54) is 0 Å². The number of anilines is 1. The first kappa shape index (κ1) is 16.9. The summed E-state index contributed by atoms with van der Waals surface area (Å²) in [5, 5.41) is 4.99. The number of nitrogens with one attached hydrogen (secondary N) is 1. The summed E-state index contributed by atoms with van der Waals surface area (Å²) in [6, 6.07) is 13.7. The van der Waals surface area contributed by atoms with Crippen LogP contribution in [0.2, 0.25) is 0 Å². The number of amides is 1. The third-order valence-electron chi connectivity index (χ3n) is 4.22. The molecule has 4 rings (SSSR count). The van der Waals surface area contributed by atoms with Gasteiger partial charge in [0, 0.05) is 39.5 Å². The lowest BCUT2D eigenvalue weighted by Crippen LogP contribution is -2.13. The van der Waals surface area contributed by atoms with Crippen LogP contribution in [-0.2, 0) is 0 Å². The molecule has 130 valence electrons. The van der Waals surface area contributed by atoms with Gasteiger partial charge in [-0.1, -0.05) is 18.2 Å². The summed E-state index contributed by atoms with van der Waals surface area (Å²) in [6.45, 7) is 1.95. The fourth-order valence-electron chi connectivity index (χ4n) is 2.76. The predicted octanol–water partition coefficient (Wildman–Crippen LogP) is 5.35. The molecule has 0 radical (unpaired) electrons. The van der Waals surface area contributed by atoms with Crippen LogP contribution in [0.1, 0.15) is 15.9 Å². The number of hydrogen-bond acceptors (Lipinski definition) is 4. The van der Waals surface area contributed by atoms with E-state index >= 15 is 0 Å². The van der Waals surface area contributed by atoms with E-state index in [1.54, 1.807) is 23.1 Å². The highest BCUT2D eigenvalue weighted by Crippen LogP contribution is 2.24. The third kappa shape index (κ3) is 3.25. The van der Waals surface area contributed by atoms with Gasteiger partial charge in [-0.25, -0.2) is 4.98 Å². The standard InChI is InChI=1S/C20H17N3OS2/c1-13-3-8-16(25-2)11-17(13)19(24)21-15-6-4-14(5-7-15)18-12-23-9-10-26-20(23)22-18/h3-12H,1-2H3,(H,21,24). The first-order chi connectivity index (χ1) is 12.6. The van der Waals surface area contributed by atoms with Crippen LogP contribution < -0.4 is 5.32 Å². The maximum absolute atomic E-state index is 12.6. The number of nitrogens with zero attached hydrogens (tertiary/aromatic N) is 2. The van der Waals surface area contributed by atoms with Crippen molar-refractivity contribution in [3.63, 3.8) is 0 Å². The molecule has 2 aromatic carbocycles. The Hall–Kier alpha value is -2.57. The fourth-order valence-corrected chi connectivity index (χ4v) is 3.90. The average molecular weight is 380 g/mol. The minimum atomic E-state index is -0.0892. The summed E-state index contributed by atoms with van der Waals surface area (Å²) >= 11 is 3.24. The molecule has 0 aliphatic heterocycles. The van der Waals surface area contributed by atoms with Gasteiger partial charge in [0.05, 0.1) is 5.69 Å². The monoisotopic (exact) mass is 379 g/mol. The summed E-state index contributed by atoms with van der Waals surface area (Å²) in [6.07, 6.45) is 6.01. The first-order valence-corrected chi connectivity index (χ1v) is 10.2. The number of carbonyl (C=O) groups is 1. The SMILES string of the molecule is CSc1ccc(C)c(C(=O)Nc2ccc(-c3cn4ccsc4n3)cc2)c1. The van der Waals surface area contributed by atoms with Crippen LogP contribution in [0.25, 0.3) is 16.2 Å². The number of aromatic nitrogens is 2. The van der Waals surface area contributed by atoms with Gasteiger partial charge >= 0.3 is 0 Å². The molecule has 1 amide bonds. The topological polar surface area (TPSA) is 46.4 Å². The zero-order valence-corrected chi connectivity index (χ0v) is 16.0. The second-order valence-electron chi connectivity index (χ2n) is 5.93. The lowest BCUT2D eigenvalue weighted by molar-refractivity contribution is 0.102. The molecule has 2 aromatic heterocycles. The Morgan fingerprint density at radius 3 is 2.73 bits per heavy atom. The quantitative estimate of drug-likeness (QED) is 0.487. The minimum Gasteiger partial charge on any atom is -0.322 e. The summed E-state index contributed by atoms with van der Waals surface area (Å²) < 4.78 is 2.01. The van der Waals surface area contributed by atoms with Crippen LogP contribution in [0.15, 0.2) is 65.1 Å². The van der Waals surface area contributed by atoms with E-state index in [-0.39, 0.29) is 5.91 Å². The molecule has 4 nitrogen and oxygen atoms in total. The highest BCUT2D eigenvalue weighted by atomic mass is 32.2. The Morgan fingerprint density at radius 2 is 2.00 bits per heavy atom. The zero-order valence-electron chi connectivity index (χ0n) is 14.4. The van der Waals surface area contributed by atoms with E-state index in [0.29, 0.717) is 5.56 Å². The summed E-state index contributed by atoms with van der Waals surface area (Å²) in [5.74, 6) is -0.0892. The van der Waals surface area contributed by atoms with Gasteiger partial charge in [0.2, 0.25) is 0 Å². The van der Waals surface area contributed by atoms with Crippen LogP contribution in [-0.4, -0.2) is 21.5 Å². The van der Waals surface area contributed by atoms with Crippen molar-refractivity contribution < 1.29 is 4.79 Å². The van der Waals surface area contributed by atoms with Crippen molar-refractivity contribution in [3.8, 4) is 11.3 Å². The summed E-state index contributed by atoms with van der Waals surface area (Å²) in [7, 11) is 0. The molecule has 0 saturated heterocycles. The highest BCUT2D eigenvalue weighted by Gasteiger charge is 2.11. The number of rotatable bonds is 4. The van der Waals surface area contributed by atoms with E-state index in [2.05, 4.69) is 10.3 Å². The van der Waals surface area contributed by atoms with Crippen LogP contribution >= 0.6 is 23.1 Å². The minimum absolute atomic E-state index is 0.0892. The second-order valence-corrected chi connectivity index (χ2v) is 7.68. The first-order valence-electron chi connectivity index (χ1n) is 8.12. The lowest BCUT2D eigenvalue weighted by atomic mass is 10.1. The van der Waals surface area contributed by atoms with Gasteiger partial charge in [-0.3, -0.25) is 9.20 Å². The molecule has 4 aromatic rings. The summed E-state index contributed by atoms with van der Waals surface area (Å²) in [5.41, 5.74) is 4.40. The number of imidazole rings is 1. The lowest BCUT2D eigenvalue weighted by Gasteiger charge is -2.09. The van der Waals surface area contributed by atoms with Crippen molar-refractivity contribution in [2.24, 2.45) is 0 Å². The molecule has 0 bridgehead atoms. The number of carbonyl (C=O) groups excluding carboxylic acids is 1. The van der Waals surface area contributed by atoms with E-state index < -0.39 is 0 Å². The van der Waals surface area contributed by atoms with Gasteiger partial charge in [-0.2, -0.15) is 0 Å². The van der Waals surface area contributed by atoms with Gasteiger partial charge in [-0.15, -0.1) is 23.1 Å². The normalized spacial score (nSPS) is 11.0. The summed E-state index contributed by atoms with van der Waals surface area (Å²) in [4.78, 5) is 19.3. The molecular formula is C20H17N3OS2. The van der Waals surface area contributed by atoms with Crippen molar-refractivity contribution in [1.29, 1.82) is 0 Å². The Morgan fingerprint density at radius 1 is 1.19 bits per heavy atom. The van der Waals surface area contributed by atoms with E-state index in [4.69, 9.17) is 0 Å². The van der Waals surface area contributed by atoms with Gasteiger partial charge in [0.1, 0.15) is 0 Å². The van der Waals surface area contributed by atoms with Crippen LogP contribution in [0, 0.1) is 6.92 Å². The van der Waals surface area contributed by atoms with Gasteiger partial charge in [0.25, 0.3) is 5.91 Å². The van der Waals surface area contributed by atoms with Gasteiger partial charge in [-0.05, 0) is 43.0 Å². The van der Waals surface area contributed by atoms with Crippen molar-refractivity contribution in [3.05, 3.63) is 71.4 Å². The predicted molar refractivity (Wildman–Crippen MR) is 109 cm³/mol. The zero-order chi connectivity index (χ0) is 18.1. The Labute approximate surface area is 159 Å². The molecule has 0 aliphatic carbocycles. The Balaban J connectivity index is 1.54. The second kappa shape index (κ2) is 6.97. The molecule has 2 heterocycles. The largest absolute Gasteiger partial charge is 0.322 e. The molecule has 0 atom stereocenters. The fraction of sp³-hybridized carbons (Fsp3) is 0.100. The molecule has 0 aliphatic rings. The van der Waals surface area contributed by atoms with E-state index in [0.717, 1.165) is 32.4 Å². The molecule has 0 fully saturated rings. The molecule has 26 heavy (non-hydrogen) atoms. The van der Waals surface area contributed by atoms with E-state index in [1.807, 2.05) is 77.8 Å². The average Bonchev–Trinajstić information content (AvgIpc) is 3.25. The number of fused-ring (bicyclic) bond motifs is 1. The van der Waals surface area contributed by atoms with Crippen molar-refractivity contribution in [2.45, 2.75) is 11.8 Å². The van der Waals surface area contributed by atoms with Gasteiger partial charge < -0.3 is 5.32 Å². The Bertz CT molecular complexity index is 1050. The Kier molecular flexibility index (Phi) is 4.53. The number of benzene rings is 2. The molecule has 6 heteroatoms. The maximum atomic E-state index is 12.6. The molecule has 0 spiro atoms. The van der Waals surface area contributed by atoms with Crippen LogP contribution in [0.3, 0.4) is 0 Å². The van der Waals surface area contributed by atoms with Crippen LogP contribution in [0.5, 0.6) is 0 Å². The third-order valence-corrected chi connectivity index (χ3v) is 5.72. The maximum Gasteiger partial charge on any atom is 0.255 e. The smallest absolute Gasteiger partial charge is 0.255 e. The number of thioether (sulfide) groups is 1. The van der Waals surface area contributed by atoms with Crippen molar-refractivity contribution in [2.75, 3.05) is 11.6 Å². The van der Waals surface area contributed by atoms with E-state index in [9.17, 15) is 4.79 Å². The number of aryl methyl sites for hydroxylation is 1. The molecular weight excluding hydrogens is 362 g/mol. The van der Waals surface area contributed by atoms with Gasteiger partial charge in [0.15, 0.2) is 4.96 Å². The number of thiazole rings is 1.